The Labute approximate surface area is 179 Å². The predicted octanol–water partition coefficient (Wildman–Crippen LogP) is 3.55. The highest BCUT2D eigenvalue weighted by atomic mass is 16.5. The maximum Gasteiger partial charge on any atom is 0.330 e. The van der Waals surface area contributed by atoms with Crippen molar-refractivity contribution >= 4 is 35.8 Å². The van der Waals surface area contributed by atoms with E-state index < -0.39 is 5.97 Å². The molecule has 1 heterocycles. The minimum atomic E-state index is -0.560. The lowest BCUT2D eigenvalue weighted by molar-refractivity contribution is -0.133. The first-order valence-corrected chi connectivity index (χ1v) is 9.55. The molecule has 2 amide bonds. The quantitative estimate of drug-likeness (QED) is 0.454. The number of nitrogens with zero attached hydrogens (tertiary/aromatic N) is 1. The Balaban J connectivity index is 1.52. The van der Waals surface area contributed by atoms with Gasteiger partial charge in [-0.25, -0.2) is 9.78 Å². The second-order valence-electron chi connectivity index (χ2n) is 6.58. The van der Waals surface area contributed by atoms with Gasteiger partial charge < -0.3 is 15.4 Å². The van der Waals surface area contributed by atoms with Gasteiger partial charge in [-0.05, 0) is 47.5 Å². The molecule has 3 rings (SSSR count). The molecule has 7 heteroatoms. The first-order chi connectivity index (χ1) is 15.0. The van der Waals surface area contributed by atoms with E-state index in [1.54, 1.807) is 60.8 Å². The highest BCUT2D eigenvalue weighted by Gasteiger charge is 2.09. The average Bonchev–Trinajstić information content (AvgIpc) is 2.77. The number of benzene rings is 2. The molecule has 31 heavy (non-hydrogen) atoms. The molecule has 2 aromatic carbocycles. The molecule has 7 nitrogen and oxygen atoms in total. The summed E-state index contributed by atoms with van der Waals surface area (Å²) in [6.07, 6.45) is 5.38. The standard InChI is InChI=1S/C24H21N3O4/c1-17(28)27-22-15-19(13-14-25-22)8-7-18-9-11-21(12-10-18)31-23(29)16-26-24(30)20-5-3-2-4-6-20/h2-15H,16H2,1H3,(H,26,30)(H,25,27,28)/b8-7+. The second-order valence-corrected chi connectivity index (χ2v) is 6.58. The Morgan fingerprint density at radius 2 is 1.65 bits per heavy atom. The summed E-state index contributed by atoms with van der Waals surface area (Å²) in [5.41, 5.74) is 2.25. The number of pyridine rings is 1. The van der Waals surface area contributed by atoms with E-state index in [4.69, 9.17) is 4.74 Å². The van der Waals surface area contributed by atoms with Crippen LogP contribution in [0.5, 0.6) is 5.75 Å². The van der Waals surface area contributed by atoms with Crippen LogP contribution in [0, 0.1) is 0 Å². The van der Waals surface area contributed by atoms with Crippen LogP contribution in [0.1, 0.15) is 28.4 Å². The van der Waals surface area contributed by atoms with Crippen molar-refractivity contribution in [1.29, 1.82) is 0 Å². The summed E-state index contributed by atoms with van der Waals surface area (Å²) in [5, 5.41) is 5.17. The Morgan fingerprint density at radius 3 is 2.35 bits per heavy atom. The fraction of sp³-hybridized carbons (Fsp3) is 0.0833. The van der Waals surface area contributed by atoms with Crippen LogP contribution in [0.25, 0.3) is 12.2 Å². The van der Waals surface area contributed by atoms with Crippen molar-refractivity contribution in [2.45, 2.75) is 6.92 Å². The largest absolute Gasteiger partial charge is 0.425 e. The van der Waals surface area contributed by atoms with Crippen LogP contribution in [0.15, 0.2) is 72.9 Å². The van der Waals surface area contributed by atoms with Crippen molar-refractivity contribution in [3.8, 4) is 5.75 Å². The van der Waals surface area contributed by atoms with Gasteiger partial charge >= 0.3 is 5.97 Å². The zero-order chi connectivity index (χ0) is 22.1. The molecule has 0 aliphatic carbocycles. The maximum atomic E-state index is 12.0. The van der Waals surface area contributed by atoms with Crippen molar-refractivity contribution in [2.75, 3.05) is 11.9 Å². The molecule has 0 fully saturated rings. The van der Waals surface area contributed by atoms with Crippen LogP contribution in [0.2, 0.25) is 0 Å². The third-order valence-corrected chi connectivity index (χ3v) is 4.10. The number of hydrogen-bond donors (Lipinski definition) is 2. The summed E-state index contributed by atoms with van der Waals surface area (Å²) in [7, 11) is 0. The normalized spacial score (nSPS) is 10.5. The van der Waals surface area contributed by atoms with Gasteiger partial charge in [0.2, 0.25) is 5.91 Å². The molecule has 156 valence electrons. The first kappa shape index (κ1) is 21.4. The molecule has 3 aromatic rings. The number of carbonyl (C=O) groups is 3. The number of esters is 1. The zero-order valence-electron chi connectivity index (χ0n) is 16.9. The highest BCUT2D eigenvalue weighted by molar-refractivity contribution is 5.96. The van der Waals surface area contributed by atoms with Crippen molar-refractivity contribution in [3.63, 3.8) is 0 Å². The Bertz CT molecular complexity index is 1090. The van der Waals surface area contributed by atoms with Gasteiger partial charge in [-0.15, -0.1) is 0 Å². The maximum absolute atomic E-state index is 12.0. The summed E-state index contributed by atoms with van der Waals surface area (Å²) in [6, 6.07) is 19.2. The number of ether oxygens (including phenoxy) is 1. The molecule has 0 spiro atoms. The SMILES string of the molecule is CC(=O)Nc1cc(/C=C/c2ccc(OC(=O)CNC(=O)c3ccccc3)cc2)ccn1. The summed E-state index contributed by atoms with van der Waals surface area (Å²) in [4.78, 5) is 39.1. The number of nitrogens with one attached hydrogen (secondary N) is 2. The Hall–Kier alpha value is -4.26. The number of anilines is 1. The summed E-state index contributed by atoms with van der Waals surface area (Å²) in [5.74, 6) is -0.215. The van der Waals surface area contributed by atoms with Crippen molar-refractivity contribution in [3.05, 3.63) is 89.6 Å². The highest BCUT2D eigenvalue weighted by Crippen LogP contribution is 2.16. The summed E-state index contributed by atoms with van der Waals surface area (Å²) < 4.78 is 5.24. The number of rotatable bonds is 7. The van der Waals surface area contributed by atoms with E-state index in [0.717, 1.165) is 11.1 Å². The minimum absolute atomic E-state index is 0.182. The van der Waals surface area contributed by atoms with Gasteiger partial charge in [-0.1, -0.05) is 42.5 Å². The third-order valence-electron chi connectivity index (χ3n) is 4.10. The molecule has 0 aliphatic rings. The van der Waals surface area contributed by atoms with Crippen LogP contribution >= 0.6 is 0 Å². The number of hydrogen-bond acceptors (Lipinski definition) is 5. The van der Waals surface area contributed by atoms with Crippen molar-refractivity contribution in [2.24, 2.45) is 0 Å². The van der Waals surface area contributed by atoms with E-state index >= 15 is 0 Å². The van der Waals surface area contributed by atoms with E-state index in [9.17, 15) is 14.4 Å². The molecular formula is C24H21N3O4. The van der Waals surface area contributed by atoms with Crippen LogP contribution in [0.3, 0.4) is 0 Å². The van der Waals surface area contributed by atoms with Crippen molar-refractivity contribution < 1.29 is 19.1 Å². The lowest BCUT2D eigenvalue weighted by atomic mass is 10.1. The predicted molar refractivity (Wildman–Crippen MR) is 118 cm³/mol. The van der Waals surface area contributed by atoms with E-state index in [-0.39, 0.29) is 18.4 Å². The van der Waals surface area contributed by atoms with Gasteiger partial charge in [0.15, 0.2) is 0 Å². The van der Waals surface area contributed by atoms with Gasteiger partial charge in [0.05, 0.1) is 0 Å². The molecule has 1 aromatic heterocycles. The molecule has 0 saturated heterocycles. The van der Waals surface area contributed by atoms with E-state index in [1.165, 1.54) is 6.92 Å². The first-order valence-electron chi connectivity index (χ1n) is 9.55. The van der Waals surface area contributed by atoms with Gasteiger partial charge in [-0.3, -0.25) is 9.59 Å². The van der Waals surface area contributed by atoms with E-state index in [2.05, 4.69) is 15.6 Å². The lowest BCUT2D eigenvalue weighted by Crippen LogP contribution is -2.31. The number of carbonyl (C=O) groups excluding carboxylic acids is 3. The smallest absolute Gasteiger partial charge is 0.330 e. The summed E-state index contributed by atoms with van der Waals surface area (Å²) in [6.45, 7) is 1.20. The molecule has 0 radical (unpaired) electrons. The van der Waals surface area contributed by atoms with Crippen LogP contribution in [-0.4, -0.2) is 29.3 Å². The Kier molecular flexibility index (Phi) is 7.26. The fourth-order valence-corrected chi connectivity index (χ4v) is 2.65. The van der Waals surface area contributed by atoms with Crippen LogP contribution < -0.4 is 15.4 Å². The molecular weight excluding hydrogens is 394 g/mol. The second kappa shape index (κ2) is 10.5. The van der Waals surface area contributed by atoms with E-state index in [1.807, 2.05) is 24.3 Å². The molecule has 0 aliphatic heterocycles. The third kappa shape index (κ3) is 6.93. The average molecular weight is 415 g/mol. The number of aromatic nitrogens is 1. The monoisotopic (exact) mass is 415 g/mol. The molecule has 0 unspecified atom stereocenters. The topological polar surface area (TPSA) is 97.4 Å². The van der Waals surface area contributed by atoms with Crippen molar-refractivity contribution in [1.82, 2.24) is 10.3 Å². The molecule has 0 bridgehead atoms. The molecule has 0 saturated carbocycles. The Morgan fingerprint density at radius 1 is 0.935 bits per heavy atom. The number of amides is 2. The lowest BCUT2D eigenvalue weighted by Gasteiger charge is -2.06. The molecule has 2 N–H and O–H groups in total. The van der Waals surface area contributed by atoms with Crippen LogP contribution in [0.4, 0.5) is 5.82 Å². The minimum Gasteiger partial charge on any atom is -0.425 e. The summed E-state index contributed by atoms with van der Waals surface area (Å²) >= 11 is 0. The van der Waals surface area contributed by atoms with Gasteiger partial charge in [0.25, 0.3) is 5.91 Å². The fourth-order valence-electron chi connectivity index (χ4n) is 2.65. The molecule has 0 atom stereocenters. The zero-order valence-corrected chi connectivity index (χ0v) is 16.9. The van der Waals surface area contributed by atoms with Gasteiger partial charge in [0.1, 0.15) is 18.1 Å². The van der Waals surface area contributed by atoms with Gasteiger partial charge in [0, 0.05) is 18.7 Å². The van der Waals surface area contributed by atoms with Gasteiger partial charge in [-0.2, -0.15) is 0 Å². The van der Waals surface area contributed by atoms with Crippen LogP contribution in [-0.2, 0) is 9.59 Å². The van der Waals surface area contributed by atoms with E-state index in [0.29, 0.717) is 17.1 Å².